The Balaban J connectivity index is 1.70. The zero-order chi connectivity index (χ0) is 21.6. The Morgan fingerprint density at radius 3 is 2.72 bits per heavy atom. The van der Waals surface area contributed by atoms with E-state index in [2.05, 4.69) is 14.6 Å². The first-order valence-corrected chi connectivity index (χ1v) is 10.0. The van der Waals surface area contributed by atoms with Gasteiger partial charge >= 0.3 is 22.5 Å². The molecule has 160 valence electrons. The van der Waals surface area contributed by atoms with Gasteiger partial charge < -0.3 is 14.5 Å². The van der Waals surface area contributed by atoms with Crippen LogP contribution in [0.4, 0.5) is 9.59 Å². The smallest absolute Gasteiger partial charge is 0.418 e. The summed E-state index contributed by atoms with van der Waals surface area (Å²) in [5, 5.41) is 8.61. The molecule has 13 nitrogen and oxygen atoms in total. The van der Waals surface area contributed by atoms with Crippen LogP contribution in [0.5, 0.6) is 0 Å². The largest absolute Gasteiger partial charge is 0.444 e. The molecule has 1 unspecified atom stereocenters. The zero-order valence-electron chi connectivity index (χ0n) is 16.3. The molecule has 0 radical (unpaired) electrons. The quantitative estimate of drug-likeness (QED) is 0.653. The van der Waals surface area contributed by atoms with Crippen LogP contribution >= 0.6 is 0 Å². The third-order valence-electron chi connectivity index (χ3n) is 4.02. The van der Waals surface area contributed by atoms with E-state index >= 15 is 0 Å². The highest BCUT2D eigenvalue weighted by Gasteiger charge is 2.43. The molecule has 2 aliphatic heterocycles. The standard InChI is InChI=1S/C15H22N6O7S/c1-15(2,3)27-14(23)18(4)6-10-7-20(17-16-10)11-5-12-9-19(8-11)13(22)21(12)28-29(24,25)26/h5,7,12H,6,8-9H2,1-4H3,(H,24,25,26). The van der Waals surface area contributed by atoms with Crippen LogP contribution in [0.15, 0.2) is 12.3 Å². The molecule has 1 fully saturated rings. The Kier molecular flexibility index (Phi) is 5.27. The summed E-state index contributed by atoms with van der Waals surface area (Å²) in [4.78, 5) is 27.0. The zero-order valence-corrected chi connectivity index (χ0v) is 17.2. The fraction of sp³-hybridized carbons (Fsp3) is 0.600. The topological polar surface area (TPSA) is 147 Å². The van der Waals surface area contributed by atoms with Crippen molar-refractivity contribution in [2.24, 2.45) is 0 Å². The highest BCUT2D eigenvalue weighted by molar-refractivity contribution is 7.80. The number of nitrogens with zero attached hydrogens (tertiary/aromatic N) is 6. The number of ether oxygens (including phenoxy) is 1. The molecule has 1 aromatic heterocycles. The molecule has 2 bridgehead atoms. The summed E-state index contributed by atoms with van der Waals surface area (Å²) in [7, 11) is -3.26. The molecule has 29 heavy (non-hydrogen) atoms. The highest BCUT2D eigenvalue weighted by atomic mass is 32.3. The maximum atomic E-state index is 12.2. The first kappa shape index (κ1) is 21.0. The van der Waals surface area contributed by atoms with Crippen LogP contribution in [0.1, 0.15) is 26.5 Å². The number of fused-ring (bicyclic) bond motifs is 2. The Morgan fingerprint density at radius 1 is 1.41 bits per heavy atom. The van der Waals surface area contributed by atoms with E-state index in [9.17, 15) is 18.0 Å². The first-order valence-electron chi connectivity index (χ1n) is 8.64. The number of hydrogen-bond acceptors (Lipinski definition) is 8. The number of amides is 3. The number of hydroxylamine groups is 2. The minimum absolute atomic E-state index is 0.144. The molecule has 1 N–H and O–H groups in total. The molecule has 0 spiro atoms. The molecule has 2 aliphatic rings. The third-order valence-corrected chi connectivity index (χ3v) is 4.37. The monoisotopic (exact) mass is 430 g/mol. The summed E-state index contributed by atoms with van der Waals surface area (Å²) >= 11 is 0. The molecule has 0 aromatic carbocycles. The fourth-order valence-electron chi connectivity index (χ4n) is 2.88. The van der Waals surface area contributed by atoms with E-state index in [4.69, 9.17) is 9.29 Å². The number of carbonyl (C=O) groups is 2. The average molecular weight is 430 g/mol. The van der Waals surface area contributed by atoms with E-state index in [0.717, 1.165) is 0 Å². The highest BCUT2D eigenvalue weighted by Crippen LogP contribution is 2.27. The number of aromatic nitrogens is 3. The van der Waals surface area contributed by atoms with Crippen molar-refractivity contribution in [3.05, 3.63) is 18.0 Å². The van der Waals surface area contributed by atoms with Crippen molar-refractivity contribution in [3.8, 4) is 0 Å². The number of hydrogen-bond donors (Lipinski definition) is 1. The summed E-state index contributed by atoms with van der Waals surface area (Å²) < 4.78 is 41.8. The van der Waals surface area contributed by atoms with Gasteiger partial charge in [0.15, 0.2) is 0 Å². The Labute approximate surface area is 167 Å². The summed E-state index contributed by atoms with van der Waals surface area (Å²) in [5.41, 5.74) is 0.436. The molecule has 1 atom stereocenters. The third kappa shape index (κ3) is 5.02. The van der Waals surface area contributed by atoms with E-state index < -0.39 is 34.2 Å². The predicted octanol–water partition coefficient (Wildman–Crippen LogP) is 0.340. The van der Waals surface area contributed by atoms with Crippen LogP contribution in [0, 0.1) is 0 Å². The first-order chi connectivity index (χ1) is 13.3. The van der Waals surface area contributed by atoms with Crippen LogP contribution in [-0.2, 0) is 26.0 Å². The Hall–Kier alpha value is -2.71. The van der Waals surface area contributed by atoms with Crippen molar-refractivity contribution in [3.63, 3.8) is 0 Å². The second-order valence-corrected chi connectivity index (χ2v) is 8.71. The van der Waals surface area contributed by atoms with Gasteiger partial charge in [-0.1, -0.05) is 5.21 Å². The van der Waals surface area contributed by atoms with Gasteiger partial charge in [-0.15, -0.1) is 9.38 Å². The van der Waals surface area contributed by atoms with Crippen LogP contribution in [0.2, 0.25) is 0 Å². The lowest BCUT2D eigenvalue weighted by molar-refractivity contribution is -0.0183. The molecular formula is C15H22N6O7S. The molecule has 3 amide bonds. The van der Waals surface area contributed by atoms with Gasteiger partial charge in [0.2, 0.25) is 0 Å². The van der Waals surface area contributed by atoms with Crippen molar-refractivity contribution in [1.82, 2.24) is 29.9 Å². The molecule has 3 heterocycles. The van der Waals surface area contributed by atoms with Crippen LogP contribution in [0.25, 0.3) is 5.70 Å². The minimum atomic E-state index is -4.83. The molecule has 0 aliphatic carbocycles. The van der Waals surface area contributed by atoms with E-state index in [1.54, 1.807) is 40.1 Å². The molecule has 1 aromatic rings. The van der Waals surface area contributed by atoms with Crippen molar-refractivity contribution in [2.75, 3.05) is 20.1 Å². The fourth-order valence-corrected chi connectivity index (χ4v) is 3.26. The number of urea groups is 1. The molecule has 14 heteroatoms. The summed E-state index contributed by atoms with van der Waals surface area (Å²) in [6.07, 6.45) is 2.69. The Bertz CT molecular complexity index is 951. The lowest BCUT2D eigenvalue weighted by atomic mass is 10.2. The van der Waals surface area contributed by atoms with Crippen molar-refractivity contribution in [2.45, 2.75) is 39.0 Å². The van der Waals surface area contributed by atoms with E-state index in [-0.39, 0.29) is 19.6 Å². The van der Waals surface area contributed by atoms with Gasteiger partial charge in [-0.05, 0) is 26.8 Å². The minimum Gasteiger partial charge on any atom is -0.444 e. The van der Waals surface area contributed by atoms with Crippen molar-refractivity contribution in [1.29, 1.82) is 0 Å². The lowest BCUT2D eigenvalue weighted by Crippen LogP contribution is -2.35. The van der Waals surface area contributed by atoms with Crippen LogP contribution in [-0.4, -0.2) is 86.7 Å². The van der Waals surface area contributed by atoms with E-state index in [1.165, 1.54) is 14.5 Å². The van der Waals surface area contributed by atoms with Gasteiger partial charge in [-0.25, -0.2) is 14.3 Å². The number of rotatable bonds is 5. The lowest BCUT2D eigenvalue weighted by Gasteiger charge is -2.24. The normalized spacial score (nSPS) is 19.4. The van der Waals surface area contributed by atoms with Crippen molar-refractivity contribution >= 4 is 28.2 Å². The molecule has 3 rings (SSSR count). The maximum absolute atomic E-state index is 12.2. The van der Waals surface area contributed by atoms with Crippen LogP contribution in [0.3, 0.4) is 0 Å². The molecule has 0 saturated carbocycles. The average Bonchev–Trinajstić information content (AvgIpc) is 3.11. The second-order valence-electron chi connectivity index (χ2n) is 7.71. The summed E-state index contributed by atoms with van der Waals surface area (Å²) in [6.45, 7) is 5.82. The van der Waals surface area contributed by atoms with Gasteiger partial charge in [-0.3, -0.25) is 4.55 Å². The number of carbonyl (C=O) groups excluding carboxylic acids is 2. The van der Waals surface area contributed by atoms with Gasteiger partial charge in [0.05, 0.1) is 25.0 Å². The summed E-state index contributed by atoms with van der Waals surface area (Å²) in [6, 6.07) is -1.41. The second kappa shape index (κ2) is 7.27. The molecular weight excluding hydrogens is 408 g/mol. The maximum Gasteiger partial charge on any atom is 0.418 e. The van der Waals surface area contributed by atoms with Gasteiger partial charge in [0.25, 0.3) is 0 Å². The van der Waals surface area contributed by atoms with Crippen LogP contribution < -0.4 is 0 Å². The van der Waals surface area contributed by atoms with Gasteiger partial charge in [-0.2, -0.15) is 13.5 Å². The van der Waals surface area contributed by atoms with Crippen molar-refractivity contribution < 1.29 is 31.6 Å². The summed E-state index contributed by atoms with van der Waals surface area (Å²) in [5.74, 6) is 0. The van der Waals surface area contributed by atoms with E-state index in [1.807, 2.05) is 0 Å². The van der Waals surface area contributed by atoms with Gasteiger partial charge in [0, 0.05) is 13.6 Å². The predicted molar refractivity (Wildman–Crippen MR) is 97.2 cm³/mol. The Morgan fingerprint density at radius 2 is 2.10 bits per heavy atom. The van der Waals surface area contributed by atoms with Gasteiger partial charge in [0.1, 0.15) is 17.3 Å². The molecule has 1 saturated heterocycles. The SMILES string of the molecule is CN(Cc1cn(C2=CC3CN(C2)C(=O)N3OS(=O)(=O)O)nn1)C(=O)OC(C)(C)C. The van der Waals surface area contributed by atoms with E-state index in [0.29, 0.717) is 16.5 Å².